The molecule has 106 valence electrons. The van der Waals surface area contributed by atoms with Crippen LogP contribution in [0.3, 0.4) is 0 Å². The first kappa shape index (κ1) is 14.8. The summed E-state index contributed by atoms with van der Waals surface area (Å²) in [5.41, 5.74) is 0.645. The number of nitrogens with one attached hydrogen (secondary N) is 1. The van der Waals surface area contributed by atoms with E-state index in [0.29, 0.717) is 11.6 Å². The van der Waals surface area contributed by atoms with Crippen molar-refractivity contribution in [1.29, 1.82) is 0 Å². The van der Waals surface area contributed by atoms with Crippen molar-refractivity contribution in [2.75, 3.05) is 13.2 Å². The molecule has 1 fully saturated rings. The van der Waals surface area contributed by atoms with E-state index in [9.17, 15) is 10.2 Å². The smallest absolute Gasteiger partial charge is 0.0914 e. The Morgan fingerprint density at radius 1 is 1.16 bits per heavy atom. The van der Waals surface area contributed by atoms with E-state index in [1.54, 1.807) is 12.1 Å². The second kappa shape index (κ2) is 6.71. The third-order valence-electron chi connectivity index (χ3n) is 4.04. The van der Waals surface area contributed by atoms with Gasteiger partial charge in [0.15, 0.2) is 0 Å². The molecule has 1 atom stereocenters. The van der Waals surface area contributed by atoms with Crippen molar-refractivity contribution in [2.45, 2.75) is 43.7 Å². The number of hydrogen-bond acceptors (Lipinski definition) is 3. The Balaban J connectivity index is 1.91. The second-order valence-electron chi connectivity index (χ2n) is 5.45. The second-order valence-corrected chi connectivity index (χ2v) is 5.88. The Hall–Kier alpha value is -0.610. The van der Waals surface area contributed by atoms with Gasteiger partial charge in [0.2, 0.25) is 0 Å². The van der Waals surface area contributed by atoms with Gasteiger partial charge in [-0.25, -0.2) is 0 Å². The van der Waals surface area contributed by atoms with Crippen LogP contribution in [-0.2, 0) is 0 Å². The molecule has 2 rings (SSSR count). The quantitative estimate of drug-likeness (QED) is 0.779. The van der Waals surface area contributed by atoms with Gasteiger partial charge in [-0.15, -0.1) is 0 Å². The molecule has 0 saturated heterocycles. The van der Waals surface area contributed by atoms with Gasteiger partial charge in [-0.05, 0) is 30.5 Å². The van der Waals surface area contributed by atoms with Gasteiger partial charge in [-0.1, -0.05) is 43.0 Å². The van der Waals surface area contributed by atoms with Crippen LogP contribution in [0.15, 0.2) is 24.3 Å². The van der Waals surface area contributed by atoms with E-state index in [1.165, 1.54) is 6.42 Å². The van der Waals surface area contributed by atoms with Crippen LogP contribution in [0.2, 0.25) is 5.02 Å². The summed E-state index contributed by atoms with van der Waals surface area (Å²) in [7, 11) is 0. The number of rotatable bonds is 5. The van der Waals surface area contributed by atoms with Crippen molar-refractivity contribution in [3.05, 3.63) is 34.9 Å². The fourth-order valence-corrected chi connectivity index (χ4v) is 2.86. The highest BCUT2D eigenvalue weighted by molar-refractivity contribution is 6.30. The first-order chi connectivity index (χ1) is 9.15. The van der Waals surface area contributed by atoms with Gasteiger partial charge in [0.25, 0.3) is 0 Å². The van der Waals surface area contributed by atoms with Crippen LogP contribution in [-0.4, -0.2) is 28.9 Å². The first-order valence-electron chi connectivity index (χ1n) is 6.95. The molecule has 3 nitrogen and oxygen atoms in total. The molecule has 1 aliphatic carbocycles. The van der Waals surface area contributed by atoms with Gasteiger partial charge in [0, 0.05) is 17.1 Å². The third kappa shape index (κ3) is 3.93. The maximum atomic E-state index is 10.2. The van der Waals surface area contributed by atoms with Gasteiger partial charge in [-0.3, -0.25) is 0 Å². The Kier molecular flexibility index (Phi) is 5.22. The predicted octanol–water partition coefficient (Wildman–Crippen LogP) is 2.66. The monoisotopic (exact) mass is 283 g/mol. The number of aliphatic hydroxyl groups excluding tert-OH is 2. The molecule has 0 spiro atoms. The van der Waals surface area contributed by atoms with Crippen LogP contribution < -0.4 is 5.32 Å². The molecule has 0 bridgehead atoms. The van der Waals surface area contributed by atoms with E-state index < -0.39 is 6.10 Å². The minimum atomic E-state index is -0.567. The summed E-state index contributed by atoms with van der Waals surface area (Å²) in [6, 6.07) is 7.23. The van der Waals surface area contributed by atoms with E-state index in [-0.39, 0.29) is 12.1 Å². The van der Waals surface area contributed by atoms with E-state index >= 15 is 0 Å². The number of hydrogen-bond donors (Lipinski definition) is 3. The maximum absolute atomic E-state index is 10.2. The molecular weight excluding hydrogens is 262 g/mol. The van der Waals surface area contributed by atoms with Crippen LogP contribution >= 0.6 is 11.6 Å². The third-order valence-corrected chi connectivity index (χ3v) is 4.29. The summed E-state index contributed by atoms with van der Waals surface area (Å²) in [6.45, 7) is 0.600. The highest BCUT2D eigenvalue weighted by Crippen LogP contribution is 2.28. The number of benzene rings is 1. The Morgan fingerprint density at radius 2 is 1.79 bits per heavy atom. The van der Waals surface area contributed by atoms with Crippen molar-refractivity contribution in [3.63, 3.8) is 0 Å². The zero-order valence-corrected chi connectivity index (χ0v) is 11.9. The van der Waals surface area contributed by atoms with Crippen LogP contribution in [0.4, 0.5) is 0 Å². The normalized spacial score (nSPS) is 20.2. The summed E-state index contributed by atoms with van der Waals surface area (Å²) in [5, 5.41) is 23.8. The van der Waals surface area contributed by atoms with E-state index in [4.69, 9.17) is 11.6 Å². The van der Waals surface area contributed by atoms with Crippen molar-refractivity contribution >= 4 is 11.6 Å². The molecule has 0 aliphatic heterocycles. The molecule has 1 aromatic rings. The average Bonchev–Trinajstić information content (AvgIpc) is 2.46. The summed E-state index contributed by atoms with van der Waals surface area (Å²) in [4.78, 5) is 0. The molecule has 1 saturated carbocycles. The molecule has 1 unspecified atom stereocenters. The molecule has 0 radical (unpaired) electrons. The number of halogens is 1. The predicted molar refractivity (Wildman–Crippen MR) is 77.3 cm³/mol. The van der Waals surface area contributed by atoms with Crippen molar-refractivity contribution in [2.24, 2.45) is 0 Å². The highest BCUT2D eigenvalue weighted by Gasteiger charge is 2.31. The summed E-state index contributed by atoms with van der Waals surface area (Å²) in [5.74, 6) is 0. The van der Waals surface area contributed by atoms with Crippen LogP contribution in [0.25, 0.3) is 0 Å². The lowest BCUT2D eigenvalue weighted by molar-refractivity contribution is 0.0944. The largest absolute Gasteiger partial charge is 0.394 e. The lowest BCUT2D eigenvalue weighted by Crippen LogP contribution is -2.51. The van der Waals surface area contributed by atoms with Gasteiger partial charge in [-0.2, -0.15) is 0 Å². The minimum Gasteiger partial charge on any atom is -0.394 e. The van der Waals surface area contributed by atoms with Crippen LogP contribution in [0, 0.1) is 0 Å². The van der Waals surface area contributed by atoms with Gasteiger partial charge in [0.1, 0.15) is 0 Å². The zero-order valence-electron chi connectivity index (χ0n) is 11.1. The fourth-order valence-electron chi connectivity index (χ4n) is 2.74. The topological polar surface area (TPSA) is 52.5 Å². The average molecular weight is 284 g/mol. The van der Waals surface area contributed by atoms with Gasteiger partial charge >= 0.3 is 0 Å². The number of aliphatic hydroxyl groups is 2. The lowest BCUT2D eigenvalue weighted by Gasteiger charge is -2.37. The molecule has 4 heteroatoms. The fraction of sp³-hybridized carbons (Fsp3) is 0.600. The lowest BCUT2D eigenvalue weighted by atomic mass is 9.82. The molecule has 1 aromatic carbocycles. The van der Waals surface area contributed by atoms with E-state index in [1.807, 2.05) is 12.1 Å². The zero-order chi connectivity index (χ0) is 13.7. The molecule has 0 heterocycles. The highest BCUT2D eigenvalue weighted by atomic mass is 35.5. The van der Waals surface area contributed by atoms with Gasteiger partial charge < -0.3 is 15.5 Å². The van der Waals surface area contributed by atoms with E-state index in [2.05, 4.69) is 5.32 Å². The summed E-state index contributed by atoms with van der Waals surface area (Å²) < 4.78 is 0. The van der Waals surface area contributed by atoms with Crippen LogP contribution in [0.1, 0.15) is 43.8 Å². The minimum absolute atomic E-state index is 0.139. The van der Waals surface area contributed by atoms with Crippen molar-refractivity contribution < 1.29 is 10.2 Å². The first-order valence-corrected chi connectivity index (χ1v) is 7.32. The Morgan fingerprint density at radius 3 is 2.37 bits per heavy atom. The standard InChI is InChI=1S/C15H22ClNO2/c16-13-6-4-12(5-7-13)14(19)10-17-15(11-18)8-2-1-3-9-15/h4-7,14,17-19H,1-3,8-11H2. The molecule has 19 heavy (non-hydrogen) atoms. The molecule has 1 aliphatic rings. The molecule has 0 aromatic heterocycles. The summed E-state index contributed by atoms with van der Waals surface area (Å²) >= 11 is 5.83. The van der Waals surface area contributed by atoms with E-state index in [0.717, 1.165) is 31.2 Å². The molecule has 3 N–H and O–H groups in total. The van der Waals surface area contributed by atoms with Crippen LogP contribution in [0.5, 0.6) is 0 Å². The Bertz CT molecular complexity index is 388. The SMILES string of the molecule is OCC1(NCC(O)c2ccc(Cl)cc2)CCCCC1. The van der Waals surface area contributed by atoms with Crippen molar-refractivity contribution in [3.8, 4) is 0 Å². The van der Waals surface area contributed by atoms with Gasteiger partial charge in [0.05, 0.1) is 12.7 Å². The molecule has 0 amide bonds. The van der Waals surface area contributed by atoms with Crippen molar-refractivity contribution in [1.82, 2.24) is 5.32 Å². The molecular formula is C15H22ClNO2. The summed E-state index contributed by atoms with van der Waals surface area (Å²) in [6.07, 6.45) is 4.93. The maximum Gasteiger partial charge on any atom is 0.0914 e. The Labute approximate surface area is 119 Å². The number of β-amino-alcohol motifs (C(OH)–C–C–N with tert-alkyl or cyclic N) is 1.